The van der Waals surface area contributed by atoms with Gasteiger partial charge in [-0.15, -0.1) is 0 Å². The van der Waals surface area contributed by atoms with Crippen molar-refractivity contribution in [2.75, 3.05) is 0 Å². The van der Waals surface area contributed by atoms with Gasteiger partial charge in [0.1, 0.15) is 5.75 Å². The maximum Gasteiger partial charge on any atom is 0.121 e. The Morgan fingerprint density at radius 1 is 1.36 bits per heavy atom. The number of aliphatic hydroxyl groups is 1. The quantitative estimate of drug-likeness (QED) is 0.678. The normalized spacial score (nSPS) is 11.7. The molecule has 3 heteroatoms. The van der Waals surface area contributed by atoms with Crippen molar-refractivity contribution in [3.63, 3.8) is 0 Å². The first-order valence-electron chi connectivity index (χ1n) is 4.63. The highest BCUT2D eigenvalue weighted by Gasteiger charge is 2.12. The van der Waals surface area contributed by atoms with Crippen molar-refractivity contribution >= 4 is 0 Å². The van der Waals surface area contributed by atoms with Crippen LogP contribution >= 0.6 is 0 Å². The van der Waals surface area contributed by atoms with E-state index in [2.05, 4.69) is 0 Å². The SMILES string of the molecule is CC(C)(N)Cc1ccc(CO)c(O)c1. The van der Waals surface area contributed by atoms with Gasteiger partial charge in [0.2, 0.25) is 0 Å². The van der Waals surface area contributed by atoms with Crippen molar-refractivity contribution in [1.82, 2.24) is 0 Å². The maximum absolute atomic E-state index is 9.49. The van der Waals surface area contributed by atoms with Crippen LogP contribution in [0.15, 0.2) is 18.2 Å². The number of hydrogen-bond acceptors (Lipinski definition) is 3. The molecule has 0 aliphatic heterocycles. The Morgan fingerprint density at radius 2 is 2.00 bits per heavy atom. The first kappa shape index (κ1) is 11.0. The van der Waals surface area contributed by atoms with Crippen molar-refractivity contribution in [2.24, 2.45) is 5.73 Å². The predicted molar refractivity (Wildman–Crippen MR) is 56.0 cm³/mol. The van der Waals surface area contributed by atoms with Gasteiger partial charge in [-0.25, -0.2) is 0 Å². The molecular formula is C11H17NO2. The minimum atomic E-state index is -0.285. The summed E-state index contributed by atoms with van der Waals surface area (Å²) in [6, 6.07) is 5.25. The first-order valence-corrected chi connectivity index (χ1v) is 4.63. The number of aliphatic hydroxyl groups excluding tert-OH is 1. The number of rotatable bonds is 3. The van der Waals surface area contributed by atoms with E-state index in [1.807, 2.05) is 19.9 Å². The van der Waals surface area contributed by atoms with Gasteiger partial charge < -0.3 is 15.9 Å². The molecule has 14 heavy (non-hydrogen) atoms. The topological polar surface area (TPSA) is 66.5 Å². The molecule has 0 saturated carbocycles. The Kier molecular flexibility index (Phi) is 3.13. The minimum absolute atomic E-state index is 0.134. The molecule has 0 fully saturated rings. The lowest BCUT2D eigenvalue weighted by Crippen LogP contribution is -2.34. The highest BCUT2D eigenvalue weighted by atomic mass is 16.3. The molecule has 0 aromatic heterocycles. The molecule has 0 spiro atoms. The molecule has 4 N–H and O–H groups in total. The second-order valence-electron chi connectivity index (χ2n) is 4.29. The molecule has 0 unspecified atom stereocenters. The second-order valence-corrected chi connectivity index (χ2v) is 4.29. The third-order valence-electron chi connectivity index (χ3n) is 1.98. The van der Waals surface area contributed by atoms with E-state index < -0.39 is 0 Å². The molecule has 0 radical (unpaired) electrons. The summed E-state index contributed by atoms with van der Waals surface area (Å²) in [5.41, 5.74) is 7.10. The lowest BCUT2D eigenvalue weighted by atomic mass is 9.95. The fourth-order valence-corrected chi connectivity index (χ4v) is 1.38. The number of benzene rings is 1. The van der Waals surface area contributed by atoms with Crippen LogP contribution in [-0.2, 0) is 13.0 Å². The van der Waals surface area contributed by atoms with Crippen LogP contribution < -0.4 is 5.73 Å². The fourth-order valence-electron chi connectivity index (χ4n) is 1.38. The van der Waals surface area contributed by atoms with Gasteiger partial charge in [-0.2, -0.15) is 0 Å². The monoisotopic (exact) mass is 195 g/mol. The van der Waals surface area contributed by atoms with E-state index in [0.29, 0.717) is 12.0 Å². The standard InChI is InChI=1S/C11H17NO2/c1-11(2,12)6-8-3-4-9(7-13)10(14)5-8/h3-5,13-14H,6-7,12H2,1-2H3. The Morgan fingerprint density at radius 3 is 2.43 bits per heavy atom. The number of aromatic hydroxyl groups is 1. The van der Waals surface area contributed by atoms with Crippen LogP contribution in [-0.4, -0.2) is 15.8 Å². The number of phenols is 1. The molecule has 0 aliphatic rings. The molecule has 3 nitrogen and oxygen atoms in total. The van der Waals surface area contributed by atoms with Crippen molar-refractivity contribution < 1.29 is 10.2 Å². The lowest BCUT2D eigenvalue weighted by molar-refractivity contribution is 0.275. The van der Waals surface area contributed by atoms with Gasteiger partial charge in [-0.1, -0.05) is 12.1 Å². The highest BCUT2D eigenvalue weighted by molar-refractivity contribution is 5.36. The van der Waals surface area contributed by atoms with E-state index in [0.717, 1.165) is 5.56 Å². The van der Waals surface area contributed by atoms with Crippen molar-refractivity contribution in [1.29, 1.82) is 0 Å². The zero-order chi connectivity index (χ0) is 10.8. The Bertz CT molecular complexity index is 316. The molecule has 0 heterocycles. The third-order valence-corrected chi connectivity index (χ3v) is 1.98. The van der Waals surface area contributed by atoms with E-state index in [1.54, 1.807) is 12.1 Å². The summed E-state index contributed by atoms with van der Waals surface area (Å²) in [7, 11) is 0. The van der Waals surface area contributed by atoms with Crippen LogP contribution in [0, 0.1) is 0 Å². The largest absolute Gasteiger partial charge is 0.508 e. The second kappa shape index (κ2) is 3.98. The Hall–Kier alpha value is -1.06. The van der Waals surface area contributed by atoms with E-state index >= 15 is 0 Å². The summed E-state index contributed by atoms with van der Waals surface area (Å²) >= 11 is 0. The fraction of sp³-hybridized carbons (Fsp3) is 0.455. The molecule has 0 saturated heterocycles. The van der Waals surface area contributed by atoms with Crippen molar-refractivity contribution in [3.05, 3.63) is 29.3 Å². The van der Waals surface area contributed by atoms with Crippen LogP contribution in [0.1, 0.15) is 25.0 Å². The zero-order valence-electron chi connectivity index (χ0n) is 8.62. The highest BCUT2D eigenvalue weighted by Crippen LogP contribution is 2.20. The Labute approximate surface area is 84.2 Å². The number of hydrogen-bond donors (Lipinski definition) is 3. The average Bonchev–Trinajstić information content (AvgIpc) is 2.01. The third kappa shape index (κ3) is 3.01. The molecule has 78 valence electrons. The molecule has 1 aromatic rings. The molecular weight excluding hydrogens is 178 g/mol. The summed E-state index contributed by atoms with van der Waals surface area (Å²) in [4.78, 5) is 0. The molecule has 1 rings (SSSR count). The minimum Gasteiger partial charge on any atom is -0.508 e. The van der Waals surface area contributed by atoms with E-state index in [-0.39, 0.29) is 17.9 Å². The summed E-state index contributed by atoms with van der Waals surface area (Å²) in [6.07, 6.45) is 0.701. The summed E-state index contributed by atoms with van der Waals surface area (Å²) in [6.45, 7) is 3.73. The summed E-state index contributed by atoms with van der Waals surface area (Å²) in [5, 5.41) is 18.3. The Balaban J connectivity index is 2.87. The van der Waals surface area contributed by atoms with Crippen LogP contribution in [0.4, 0.5) is 0 Å². The van der Waals surface area contributed by atoms with Gasteiger partial charge in [-0.05, 0) is 31.9 Å². The van der Waals surface area contributed by atoms with Gasteiger partial charge in [0.15, 0.2) is 0 Å². The molecule has 0 atom stereocenters. The molecule has 0 bridgehead atoms. The van der Waals surface area contributed by atoms with Gasteiger partial charge in [0.05, 0.1) is 6.61 Å². The number of nitrogens with two attached hydrogens (primary N) is 1. The first-order chi connectivity index (χ1) is 6.42. The van der Waals surface area contributed by atoms with Gasteiger partial charge in [0.25, 0.3) is 0 Å². The van der Waals surface area contributed by atoms with Gasteiger partial charge in [-0.3, -0.25) is 0 Å². The summed E-state index contributed by atoms with van der Waals surface area (Å²) < 4.78 is 0. The predicted octanol–water partition coefficient (Wildman–Crippen LogP) is 1.16. The van der Waals surface area contributed by atoms with Crippen molar-refractivity contribution in [3.8, 4) is 5.75 Å². The maximum atomic E-state index is 9.49. The van der Waals surface area contributed by atoms with E-state index in [4.69, 9.17) is 10.8 Å². The van der Waals surface area contributed by atoms with Gasteiger partial charge >= 0.3 is 0 Å². The zero-order valence-corrected chi connectivity index (χ0v) is 8.62. The molecule has 0 amide bonds. The van der Waals surface area contributed by atoms with Crippen LogP contribution in [0.2, 0.25) is 0 Å². The van der Waals surface area contributed by atoms with Crippen molar-refractivity contribution in [2.45, 2.75) is 32.4 Å². The lowest BCUT2D eigenvalue weighted by Gasteiger charge is -2.18. The van der Waals surface area contributed by atoms with E-state index in [1.165, 1.54) is 0 Å². The molecule has 1 aromatic carbocycles. The van der Waals surface area contributed by atoms with Crippen LogP contribution in [0.5, 0.6) is 5.75 Å². The smallest absolute Gasteiger partial charge is 0.121 e. The average molecular weight is 195 g/mol. The summed E-state index contributed by atoms with van der Waals surface area (Å²) in [5.74, 6) is 0.134. The van der Waals surface area contributed by atoms with Gasteiger partial charge in [0, 0.05) is 11.1 Å². The molecule has 0 aliphatic carbocycles. The van der Waals surface area contributed by atoms with Crippen LogP contribution in [0.25, 0.3) is 0 Å². The van der Waals surface area contributed by atoms with Crippen LogP contribution in [0.3, 0.4) is 0 Å². The van der Waals surface area contributed by atoms with E-state index in [9.17, 15) is 5.11 Å².